The lowest BCUT2D eigenvalue weighted by molar-refractivity contribution is -0.116. The molecule has 1 aromatic heterocycles. The molecule has 0 saturated heterocycles. The molecule has 0 fully saturated rings. The molecule has 1 rings (SSSR count). The Kier molecular flexibility index (Phi) is 5.43. The smallest absolute Gasteiger partial charge is 0.244 e. The number of thiophene rings is 1. The number of nitrogens with two attached hydrogens (primary N) is 1. The molecule has 4 heteroatoms. The molecule has 0 saturated carbocycles. The van der Waals surface area contributed by atoms with Crippen LogP contribution in [-0.4, -0.2) is 19.0 Å². The Hall–Kier alpha value is -1.39. The Morgan fingerprint density at radius 1 is 1.53 bits per heavy atom. The summed E-state index contributed by atoms with van der Waals surface area (Å²) < 4.78 is 0. The third-order valence-corrected chi connectivity index (χ3v) is 2.48. The molecule has 0 aliphatic carbocycles. The van der Waals surface area contributed by atoms with E-state index in [9.17, 15) is 4.79 Å². The molecule has 15 heavy (non-hydrogen) atoms. The zero-order chi connectivity index (χ0) is 10.9. The molecular formula is C11H14N2OS. The van der Waals surface area contributed by atoms with Crippen LogP contribution in [0, 0.1) is 0 Å². The third kappa shape index (κ3) is 5.15. The number of rotatable bonds is 5. The maximum atomic E-state index is 11.2. The second kappa shape index (κ2) is 6.98. The highest BCUT2D eigenvalue weighted by atomic mass is 32.1. The van der Waals surface area contributed by atoms with Gasteiger partial charge in [0.05, 0.1) is 0 Å². The predicted molar refractivity (Wildman–Crippen MR) is 64.6 cm³/mol. The van der Waals surface area contributed by atoms with Crippen LogP contribution >= 0.6 is 11.3 Å². The van der Waals surface area contributed by atoms with Gasteiger partial charge < -0.3 is 11.1 Å². The molecule has 80 valence electrons. The van der Waals surface area contributed by atoms with E-state index in [0.717, 1.165) is 4.88 Å². The molecule has 1 aromatic rings. The molecule has 1 amide bonds. The van der Waals surface area contributed by atoms with Crippen molar-refractivity contribution >= 4 is 23.3 Å². The molecule has 0 bridgehead atoms. The minimum atomic E-state index is -0.0925. The topological polar surface area (TPSA) is 55.1 Å². The van der Waals surface area contributed by atoms with E-state index in [1.807, 2.05) is 29.7 Å². The van der Waals surface area contributed by atoms with E-state index < -0.39 is 0 Å². The zero-order valence-electron chi connectivity index (χ0n) is 8.35. The van der Waals surface area contributed by atoms with E-state index in [1.165, 1.54) is 6.08 Å². The first kappa shape index (κ1) is 11.7. The molecule has 1 heterocycles. The summed E-state index contributed by atoms with van der Waals surface area (Å²) in [6.07, 6.45) is 6.97. The average Bonchev–Trinajstić information content (AvgIpc) is 2.74. The minimum absolute atomic E-state index is 0.0925. The van der Waals surface area contributed by atoms with Gasteiger partial charge in [0.2, 0.25) is 5.91 Å². The lowest BCUT2D eigenvalue weighted by atomic mass is 10.4. The van der Waals surface area contributed by atoms with Gasteiger partial charge in [-0.1, -0.05) is 18.2 Å². The number of nitrogens with one attached hydrogen (secondary N) is 1. The van der Waals surface area contributed by atoms with Gasteiger partial charge in [-0.25, -0.2) is 0 Å². The molecule has 0 aliphatic rings. The normalized spacial score (nSPS) is 11.3. The fourth-order valence-corrected chi connectivity index (χ4v) is 1.56. The van der Waals surface area contributed by atoms with E-state index in [0.29, 0.717) is 13.1 Å². The van der Waals surface area contributed by atoms with E-state index in [4.69, 9.17) is 5.73 Å². The van der Waals surface area contributed by atoms with Crippen LogP contribution in [0.1, 0.15) is 4.88 Å². The fourth-order valence-electron chi connectivity index (χ4n) is 0.942. The average molecular weight is 222 g/mol. The number of amides is 1. The van der Waals surface area contributed by atoms with Gasteiger partial charge in [0.15, 0.2) is 0 Å². The van der Waals surface area contributed by atoms with Gasteiger partial charge >= 0.3 is 0 Å². The van der Waals surface area contributed by atoms with Crippen molar-refractivity contribution in [2.75, 3.05) is 13.1 Å². The molecule has 0 spiro atoms. The van der Waals surface area contributed by atoms with Crippen LogP contribution in [0.3, 0.4) is 0 Å². The van der Waals surface area contributed by atoms with E-state index in [2.05, 4.69) is 5.32 Å². The molecule has 0 atom stereocenters. The summed E-state index contributed by atoms with van der Waals surface area (Å²) in [4.78, 5) is 12.3. The summed E-state index contributed by atoms with van der Waals surface area (Å²) in [5.74, 6) is -0.0925. The van der Waals surface area contributed by atoms with Gasteiger partial charge in [0, 0.05) is 24.0 Å². The maximum Gasteiger partial charge on any atom is 0.244 e. The fraction of sp³-hybridized carbons (Fsp3) is 0.182. The molecule has 0 aromatic carbocycles. The van der Waals surface area contributed by atoms with Gasteiger partial charge in [-0.3, -0.25) is 4.79 Å². The quantitative estimate of drug-likeness (QED) is 0.584. The molecular weight excluding hydrogens is 208 g/mol. The van der Waals surface area contributed by atoms with Crippen molar-refractivity contribution in [3.8, 4) is 0 Å². The summed E-state index contributed by atoms with van der Waals surface area (Å²) in [6, 6.07) is 3.91. The highest BCUT2D eigenvalue weighted by Crippen LogP contribution is 2.09. The summed E-state index contributed by atoms with van der Waals surface area (Å²) in [5.41, 5.74) is 5.26. The summed E-state index contributed by atoms with van der Waals surface area (Å²) in [7, 11) is 0. The van der Waals surface area contributed by atoms with Crippen LogP contribution in [0.25, 0.3) is 6.08 Å². The predicted octanol–water partition coefficient (Wildman–Crippen LogP) is 1.39. The molecule has 0 radical (unpaired) electrons. The van der Waals surface area contributed by atoms with Crippen molar-refractivity contribution in [1.29, 1.82) is 0 Å². The number of carbonyl (C=O) groups is 1. The van der Waals surface area contributed by atoms with Crippen molar-refractivity contribution in [3.05, 3.63) is 40.6 Å². The van der Waals surface area contributed by atoms with Crippen LogP contribution in [-0.2, 0) is 4.79 Å². The van der Waals surface area contributed by atoms with Crippen LogP contribution in [0.5, 0.6) is 0 Å². The van der Waals surface area contributed by atoms with E-state index in [1.54, 1.807) is 17.4 Å². The number of carbonyl (C=O) groups excluding carboxylic acids is 1. The SMILES string of the molecule is NC/C=C/CNC(=O)/C=C/c1cccs1. The Morgan fingerprint density at radius 2 is 2.40 bits per heavy atom. The Labute approximate surface area is 93.3 Å². The maximum absolute atomic E-state index is 11.2. The first-order chi connectivity index (χ1) is 7.33. The lowest BCUT2D eigenvalue weighted by Crippen LogP contribution is -2.20. The first-order valence-electron chi connectivity index (χ1n) is 4.67. The minimum Gasteiger partial charge on any atom is -0.349 e. The summed E-state index contributed by atoms with van der Waals surface area (Å²) in [6.45, 7) is 1.02. The zero-order valence-corrected chi connectivity index (χ0v) is 9.17. The molecule has 0 aliphatic heterocycles. The van der Waals surface area contributed by atoms with E-state index >= 15 is 0 Å². The second-order valence-corrected chi connectivity index (χ2v) is 3.78. The second-order valence-electron chi connectivity index (χ2n) is 2.80. The Bertz CT molecular complexity index is 341. The number of hydrogen-bond donors (Lipinski definition) is 2. The van der Waals surface area contributed by atoms with Crippen molar-refractivity contribution in [2.24, 2.45) is 5.73 Å². The van der Waals surface area contributed by atoms with Crippen molar-refractivity contribution in [2.45, 2.75) is 0 Å². The molecule has 0 unspecified atom stereocenters. The van der Waals surface area contributed by atoms with Crippen LogP contribution in [0.4, 0.5) is 0 Å². The van der Waals surface area contributed by atoms with Crippen LogP contribution in [0.2, 0.25) is 0 Å². The first-order valence-corrected chi connectivity index (χ1v) is 5.55. The van der Waals surface area contributed by atoms with Crippen molar-refractivity contribution < 1.29 is 4.79 Å². The van der Waals surface area contributed by atoms with Gasteiger partial charge in [-0.2, -0.15) is 0 Å². The lowest BCUT2D eigenvalue weighted by Gasteiger charge is -1.95. The highest BCUT2D eigenvalue weighted by molar-refractivity contribution is 7.10. The van der Waals surface area contributed by atoms with Gasteiger partial charge in [-0.15, -0.1) is 11.3 Å². The molecule has 3 N–H and O–H groups in total. The summed E-state index contributed by atoms with van der Waals surface area (Å²) >= 11 is 1.60. The molecule has 3 nitrogen and oxygen atoms in total. The Balaban J connectivity index is 2.27. The van der Waals surface area contributed by atoms with Crippen LogP contribution in [0.15, 0.2) is 35.7 Å². The Morgan fingerprint density at radius 3 is 3.07 bits per heavy atom. The van der Waals surface area contributed by atoms with E-state index in [-0.39, 0.29) is 5.91 Å². The number of hydrogen-bond acceptors (Lipinski definition) is 3. The van der Waals surface area contributed by atoms with Crippen molar-refractivity contribution in [1.82, 2.24) is 5.32 Å². The monoisotopic (exact) mass is 222 g/mol. The standard InChI is InChI=1S/C11H14N2OS/c12-7-1-2-8-13-11(14)6-5-10-4-3-9-15-10/h1-6,9H,7-8,12H2,(H,13,14)/b2-1+,6-5+. The summed E-state index contributed by atoms with van der Waals surface area (Å²) in [5, 5.41) is 4.69. The van der Waals surface area contributed by atoms with Gasteiger partial charge in [0.1, 0.15) is 0 Å². The van der Waals surface area contributed by atoms with Crippen molar-refractivity contribution in [3.63, 3.8) is 0 Å². The van der Waals surface area contributed by atoms with Crippen LogP contribution < -0.4 is 11.1 Å². The van der Waals surface area contributed by atoms with Gasteiger partial charge in [0.25, 0.3) is 0 Å². The third-order valence-electron chi connectivity index (χ3n) is 1.64. The van der Waals surface area contributed by atoms with Gasteiger partial charge in [-0.05, 0) is 17.5 Å². The highest BCUT2D eigenvalue weighted by Gasteiger charge is 1.92. The largest absolute Gasteiger partial charge is 0.349 e.